The van der Waals surface area contributed by atoms with E-state index >= 15 is 0 Å². The van der Waals surface area contributed by atoms with Gasteiger partial charge in [-0.15, -0.1) is 0 Å². The number of hydrogen-bond donors (Lipinski definition) is 2. The van der Waals surface area contributed by atoms with Gasteiger partial charge in [-0.05, 0) is 70.1 Å². The van der Waals surface area contributed by atoms with Crippen LogP contribution in [0.4, 0.5) is 0 Å². The van der Waals surface area contributed by atoms with Gasteiger partial charge in [0.05, 0.1) is 64.0 Å². The number of fused-ring (bicyclic) bond motifs is 2. The van der Waals surface area contributed by atoms with Gasteiger partial charge < -0.3 is 38.6 Å². The molecular weight excluding hydrogens is 544 g/mol. The van der Waals surface area contributed by atoms with Crippen molar-refractivity contribution in [2.24, 2.45) is 0 Å². The van der Waals surface area contributed by atoms with Crippen LogP contribution in [0.2, 0.25) is 0 Å². The Morgan fingerprint density at radius 2 is 0.738 bits per heavy atom. The van der Waals surface area contributed by atoms with Crippen molar-refractivity contribution in [2.75, 3.05) is 66.1 Å². The number of rotatable bonds is 19. The van der Waals surface area contributed by atoms with Crippen molar-refractivity contribution in [3.05, 3.63) is 83.9 Å². The van der Waals surface area contributed by atoms with Crippen LogP contribution < -0.4 is 9.47 Å². The Balaban J connectivity index is 0.944. The summed E-state index contributed by atoms with van der Waals surface area (Å²) in [4.78, 5) is 22.2. The molecule has 0 aliphatic heterocycles. The minimum Gasteiger partial charge on any atom is -0.491 e. The lowest BCUT2D eigenvalue weighted by molar-refractivity contribution is -0.00698. The number of carboxylic acids is 2. The van der Waals surface area contributed by atoms with Gasteiger partial charge in [0.1, 0.15) is 24.7 Å². The zero-order valence-corrected chi connectivity index (χ0v) is 23.2. The van der Waals surface area contributed by atoms with Crippen LogP contribution in [0.5, 0.6) is 11.5 Å². The van der Waals surface area contributed by atoms with Gasteiger partial charge in [0.2, 0.25) is 0 Å². The number of ether oxygens (including phenoxy) is 6. The molecule has 0 saturated carbocycles. The Kier molecular flexibility index (Phi) is 11.9. The van der Waals surface area contributed by atoms with Crippen LogP contribution in [0.1, 0.15) is 20.7 Å². The van der Waals surface area contributed by atoms with Gasteiger partial charge in [0.15, 0.2) is 0 Å². The van der Waals surface area contributed by atoms with Crippen molar-refractivity contribution < 1.29 is 48.2 Å². The van der Waals surface area contributed by atoms with Crippen molar-refractivity contribution in [1.29, 1.82) is 0 Å². The molecule has 4 aromatic rings. The molecule has 0 bridgehead atoms. The van der Waals surface area contributed by atoms with E-state index in [9.17, 15) is 9.59 Å². The second-order valence-electron chi connectivity index (χ2n) is 9.20. The maximum absolute atomic E-state index is 11.1. The summed E-state index contributed by atoms with van der Waals surface area (Å²) in [5.41, 5.74) is 0.511. The molecule has 0 unspecified atom stereocenters. The first-order valence-corrected chi connectivity index (χ1v) is 13.6. The summed E-state index contributed by atoms with van der Waals surface area (Å²) in [6, 6.07) is 21.0. The molecular formula is C32H34O10. The average molecular weight is 579 g/mol. The van der Waals surface area contributed by atoms with Gasteiger partial charge in [-0.1, -0.05) is 24.3 Å². The largest absolute Gasteiger partial charge is 0.491 e. The van der Waals surface area contributed by atoms with Gasteiger partial charge in [-0.2, -0.15) is 0 Å². The highest BCUT2D eigenvalue weighted by Gasteiger charge is 2.06. The molecule has 0 spiro atoms. The molecule has 0 aliphatic carbocycles. The SMILES string of the molecule is O=C(O)c1ccc2cc(OCCOCCOCCOCCOCCOc3ccc4cc(C(=O)O)ccc4c3)ccc2c1. The van der Waals surface area contributed by atoms with E-state index in [2.05, 4.69) is 0 Å². The molecule has 0 atom stereocenters. The third kappa shape index (κ3) is 9.71. The third-order valence-corrected chi connectivity index (χ3v) is 6.23. The first kappa shape index (κ1) is 30.7. The fraction of sp³-hybridized carbons (Fsp3) is 0.312. The van der Waals surface area contributed by atoms with Crippen LogP contribution in [0.25, 0.3) is 21.5 Å². The van der Waals surface area contributed by atoms with Crippen molar-refractivity contribution in [1.82, 2.24) is 0 Å². The Morgan fingerprint density at radius 1 is 0.429 bits per heavy atom. The molecule has 42 heavy (non-hydrogen) atoms. The smallest absolute Gasteiger partial charge is 0.335 e. The number of carboxylic acid groups (broad SMARTS) is 2. The molecule has 0 saturated heterocycles. The predicted octanol–water partition coefficient (Wildman–Crippen LogP) is 4.91. The Labute approximate surface area is 243 Å². The van der Waals surface area contributed by atoms with E-state index in [0.29, 0.717) is 77.6 Å². The molecule has 0 fully saturated rings. The van der Waals surface area contributed by atoms with Gasteiger partial charge in [0.25, 0.3) is 0 Å². The maximum atomic E-state index is 11.1. The molecule has 222 valence electrons. The van der Waals surface area contributed by atoms with E-state index in [-0.39, 0.29) is 11.1 Å². The molecule has 0 radical (unpaired) electrons. The molecule has 0 heterocycles. The highest BCUT2D eigenvalue weighted by molar-refractivity contribution is 5.95. The van der Waals surface area contributed by atoms with E-state index in [4.69, 9.17) is 38.6 Å². The van der Waals surface area contributed by atoms with Crippen molar-refractivity contribution in [3.63, 3.8) is 0 Å². The van der Waals surface area contributed by atoms with E-state index in [1.165, 1.54) is 0 Å². The Morgan fingerprint density at radius 3 is 1.10 bits per heavy atom. The monoisotopic (exact) mass is 578 g/mol. The Hall–Kier alpha value is -4.22. The minimum absolute atomic E-state index is 0.256. The zero-order valence-electron chi connectivity index (χ0n) is 23.2. The van der Waals surface area contributed by atoms with Crippen molar-refractivity contribution >= 4 is 33.5 Å². The topological polar surface area (TPSA) is 130 Å². The number of hydrogen-bond acceptors (Lipinski definition) is 8. The standard InChI is InChI=1S/C32H34O10/c33-31(34)27-3-1-25-21-29(7-5-23(25)19-27)41-17-15-39-13-11-37-9-10-38-12-14-40-16-18-42-30-8-6-24-20-28(32(35)36)4-2-26(24)22-30/h1-8,19-22H,9-18H2,(H,33,34)(H,35,36). The second kappa shape index (κ2) is 16.3. The number of carbonyl (C=O) groups is 2. The van der Waals surface area contributed by atoms with Crippen LogP contribution in [-0.4, -0.2) is 88.2 Å². The summed E-state index contributed by atoms with van der Waals surface area (Å²) in [6.45, 7) is 4.35. The zero-order chi connectivity index (χ0) is 29.6. The summed E-state index contributed by atoms with van der Waals surface area (Å²) in [5, 5.41) is 21.7. The summed E-state index contributed by atoms with van der Waals surface area (Å²) < 4.78 is 33.5. The Bertz CT molecular complexity index is 1360. The van der Waals surface area contributed by atoms with Gasteiger partial charge in [-0.25, -0.2) is 9.59 Å². The van der Waals surface area contributed by atoms with E-state index in [1.807, 2.05) is 36.4 Å². The molecule has 0 aromatic heterocycles. The maximum Gasteiger partial charge on any atom is 0.335 e. The van der Waals surface area contributed by atoms with E-state index in [1.54, 1.807) is 36.4 Å². The highest BCUT2D eigenvalue weighted by atomic mass is 16.6. The summed E-state index contributed by atoms with van der Waals surface area (Å²) in [5.74, 6) is -0.502. The lowest BCUT2D eigenvalue weighted by Gasteiger charge is -2.10. The molecule has 10 heteroatoms. The summed E-state index contributed by atoms with van der Waals surface area (Å²) in [6.07, 6.45) is 0. The van der Waals surface area contributed by atoms with Crippen LogP contribution >= 0.6 is 0 Å². The van der Waals surface area contributed by atoms with Gasteiger partial charge >= 0.3 is 11.9 Å². The predicted molar refractivity (Wildman–Crippen MR) is 156 cm³/mol. The second-order valence-corrected chi connectivity index (χ2v) is 9.20. The molecule has 0 amide bonds. The van der Waals surface area contributed by atoms with Gasteiger partial charge in [0, 0.05) is 0 Å². The lowest BCUT2D eigenvalue weighted by Crippen LogP contribution is -2.14. The van der Waals surface area contributed by atoms with Crippen LogP contribution in [0.3, 0.4) is 0 Å². The van der Waals surface area contributed by atoms with E-state index in [0.717, 1.165) is 21.5 Å². The average Bonchev–Trinajstić information content (AvgIpc) is 3.00. The normalized spacial score (nSPS) is 11.1. The quantitative estimate of drug-likeness (QED) is 0.148. The van der Waals surface area contributed by atoms with Crippen LogP contribution in [0, 0.1) is 0 Å². The molecule has 10 nitrogen and oxygen atoms in total. The minimum atomic E-state index is -0.948. The molecule has 4 rings (SSSR count). The fourth-order valence-electron chi connectivity index (χ4n) is 4.09. The van der Waals surface area contributed by atoms with Crippen LogP contribution in [-0.2, 0) is 18.9 Å². The summed E-state index contributed by atoms with van der Waals surface area (Å²) in [7, 11) is 0. The highest BCUT2D eigenvalue weighted by Crippen LogP contribution is 2.23. The number of aromatic carboxylic acids is 2. The van der Waals surface area contributed by atoms with E-state index < -0.39 is 11.9 Å². The fourth-order valence-corrected chi connectivity index (χ4v) is 4.09. The molecule has 4 aromatic carbocycles. The third-order valence-electron chi connectivity index (χ3n) is 6.23. The van der Waals surface area contributed by atoms with Crippen molar-refractivity contribution in [3.8, 4) is 11.5 Å². The van der Waals surface area contributed by atoms with Gasteiger partial charge in [-0.3, -0.25) is 0 Å². The van der Waals surface area contributed by atoms with Crippen molar-refractivity contribution in [2.45, 2.75) is 0 Å². The van der Waals surface area contributed by atoms with Crippen LogP contribution in [0.15, 0.2) is 72.8 Å². The lowest BCUT2D eigenvalue weighted by atomic mass is 10.1. The molecule has 2 N–H and O–H groups in total. The number of benzene rings is 4. The first-order chi connectivity index (χ1) is 20.5. The summed E-state index contributed by atoms with van der Waals surface area (Å²) >= 11 is 0. The molecule has 0 aliphatic rings. The first-order valence-electron chi connectivity index (χ1n) is 13.6.